The highest BCUT2D eigenvalue weighted by atomic mass is 79.9. The van der Waals surface area contributed by atoms with Crippen molar-refractivity contribution in [1.82, 2.24) is 10.2 Å². The molecule has 25 heavy (non-hydrogen) atoms. The zero-order valence-electron chi connectivity index (χ0n) is 12.6. The molecule has 1 saturated heterocycles. The zero-order chi connectivity index (χ0) is 18.1. The second-order valence-electron chi connectivity index (χ2n) is 5.33. The Hall–Kier alpha value is -2.38. The number of carbonyl (C=O) groups is 2. The van der Waals surface area contributed by atoms with Crippen molar-refractivity contribution in [3.8, 4) is 5.75 Å². The SMILES string of the molecule is O=C1N/C(=C/c2cc(Cl)cc(Br)c2O)C(=O)N1Cc1ccc(F)cc1. The number of amides is 3. The number of nitrogens with zero attached hydrogens (tertiary/aromatic N) is 1. The molecule has 0 atom stereocenters. The summed E-state index contributed by atoms with van der Waals surface area (Å²) < 4.78 is 13.3. The topological polar surface area (TPSA) is 69.6 Å². The van der Waals surface area contributed by atoms with E-state index in [1.54, 1.807) is 0 Å². The fourth-order valence-corrected chi connectivity index (χ4v) is 3.17. The standard InChI is InChI=1S/C17H11BrClFN2O3/c18-13-7-11(19)5-10(15(13)23)6-14-16(24)22(17(25)21-14)8-9-1-3-12(20)4-2-9/h1-7,23H,8H2,(H,21,25)/b14-6+. The first-order valence-electron chi connectivity index (χ1n) is 7.12. The van der Waals surface area contributed by atoms with Gasteiger partial charge in [-0.15, -0.1) is 0 Å². The maximum absolute atomic E-state index is 13.0. The van der Waals surface area contributed by atoms with E-state index >= 15 is 0 Å². The molecular weight excluding hydrogens is 415 g/mol. The lowest BCUT2D eigenvalue weighted by molar-refractivity contribution is -0.123. The number of hydrogen-bond acceptors (Lipinski definition) is 3. The fourth-order valence-electron chi connectivity index (χ4n) is 2.34. The molecule has 0 spiro atoms. The van der Waals surface area contributed by atoms with Crippen LogP contribution < -0.4 is 5.32 Å². The van der Waals surface area contributed by atoms with Gasteiger partial charge in [-0.2, -0.15) is 0 Å². The minimum atomic E-state index is -0.596. The minimum absolute atomic E-state index is 0.00745. The van der Waals surface area contributed by atoms with Crippen LogP contribution in [0.4, 0.5) is 9.18 Å². The molecule has 0 saturated carbocycles. The Balaban J connectivity index is 1.87. The van der Waals surface area contributed by atoms with Gasteiger partial charge in [-0.25, -0.2) is 9.18 Å². The Morgan fingerprint density at radius 2 is 1.92 bits per heavy atom. The van der Waals surface area contributed by atoms with Crippen molar-refractivity contribution < 1.29 is 19.1 Å². The Bertz CT molecular complexity index is 900. The van der Waals surface area contributed by atoms with Crippen molar-refractivity contribution in [3.63, 3.8) is 0 Å². The second kappa shape index (κ2) is 6.85. The molecular formula is C17H11BrClFN2O3. The van der Waals surface area contributed by atoms with Crippen LogP contribution in [0.25, 0.3) is 6.08 Å². The predicted octanol–water partition coefficient (Wildman–Crippen LogP) is 4.04. The van der Waals surface area contributed by atoms with Gasteiger partial charge in [0, 0.05) is 10.6 Å². The molecule has 1 aliphatic rings. The summed E-state index contributed by atoms with van der Waals surface area (Å²) in [6.45, 7) is 0.00745. The third kappa shape index (κ3) is 3.67. The van der Waals surface area contributed by atoms with Gasteiger partial charge in [0.2, 0.25) is 0 Å². The lowest BCUT2D eigenvalue weighted by Gasteiger charge is -2.11. The normalized spacial score (nSPS) is 15.8. The van der Waals surface area contributed by atoms with Gasteiger partial charge in [0.05, 0.1) is 11.0 Å². The summed E-state index contributed by atoms with van der Waals surface area (Å²) in [5, 5.41) is 12.9. The molecule has 0 aliphatic carbocycles. The van der Waals surface area contributed by atoms with Crippen LogP contribution in [0.2, 0.25) is 5.02 Å². The largest absolute Gasteiger partial charge is 0.506 e. The third-order valence-corrected chi connectivity index (χ3v) is 4.40. The van der Waals surface area contributed by atoms with Gasteiger partial charge in [-0.1, -0.05) is 23.7 Å². The van der Waals surface area contributed by atoms with Crippen LogP contribution in [-0.4, -0.2) is 21.9 Å². The van der Waals surface area contributed by atoms with Crippen LogP contribution in [0, 0.1) is 5.82 Å². The smallest absolute Gasteiger partial charge is 0.329 e. The van der Waals surface area contributed by atoms with E-state index in [2.05, 4.69) is 21.2 Å². The van der Waals surface area contributed by atoms with E-state index < -0.39 is 17.8 Å². The molecule has 8 heteroatoms. The zero-order valence-corrected chi connectivity index (χ0v) is 14.9. The van der Waals surface area contributed by atoms with E-state index in [4.69, 9.17) is 11.6 Å². The highest BCUT2D eigenvalue weighted by Crippen LogP contribution is 2.33. The van der Waals surface area contributed by atoms with Crippen molar-refractivity contribution in [2.45, 2.75) is 6.54 Å². The van der Waals surface area contributed by atoms with Gasteiger partial charge in [0.15, 0.2) is 0 Å². The van der Waals surface area contributed by atoms with Gasteiger partial charge in [0.25, 0.3) is 5.91 Å². The van der Waals surface area contributed by atoms with Gasteiger partial charge >= 0.3 is 6.03 Å². The fraction of sp³-hybridized carbons (Fsp3) is 0.0588. The van der Waals surface area contributed by atoms with Crippen LogP contribution in [-0.2, 0) is 11.3 Å². The molecule has 2 aromatic carbocycles. The summed E-state index contributed by atoms with van der Waals surface area (Å²) in [5.74, 6) is -1.05. The molecule has 3 rings (SSSR count). The molecule has 1 heterocycles. The minimum Gasteiger partial charge on any atom is -0.506 e. The third-order valence-electron chi connectivity index (χ3n) is 3.57. The maximum atomic E-state index is 13.0. The summed E-state index contributed by atoms with van der Waals surface area (Å²) in [6.07, 6.45) is 1.34. The highest BCUT2D eigenvalue weighted by Gasteiger charge is 2.33. The molecule has 1 aliphatic heterocycles. The van der Waals surface area contributed by atoms with Crippen molar-refractivity contribution >= 4 is 45.5 Å². The average molecular weight is 426 g/mol. The number of rotatable bonds is 3. The van der Waals surface area contributed by atoms with Crippen LogP contribution in [0.15, 0.2) is 46.6 Å². The number of aromatic hydroxyl groups is 1. The number of phenolic OH excluding ortho intramolecular Hbond substituents is 1. The Labute approximate surface area is 155 Å². The first-order valence-corrected chi connectivity index (χ1v) is 8.29. The van der Waals surface area contributed by atoms with E-state index in [1.165, 1.54) is 42.5 Å². The second-order valence-corrected chi connectivity index (χ2v) is 6.62. The first-order chi connectivity index (χ1) is 11.8. The molecule has 0 radical (unpaired) electrons. The Morgan fingerprint density at radius 3 is 2.60 bits per heavy atom. The van der Waals surface area contributed by atoms with Crippen molar-refractivity contribution in [2.75, 3.05) is 0 Å². The molecule has 128 valence electrons. The number of imide groups is 1. The lowest BCUT2D eigenvalue weighted by atomic mass is 10.1. The number of carbonyl (C=O) groups excluding carboxylic acids is 2. The van der Waals surface area contributed by atoms with Crippen LogP contribution in [0.3, 0.4) is 0 Å². The van der Waals surface area contributed by atoms with Gasteiger partial charge < -0.3 is 10.4 Å². The number of halogens is 3. The molecule has 0 unspecified atom stereocenters. The van der Waals surface area contributed by atoms with E-state index in [1.807, 2.05) is 0 Å². The van der Waals surface area contributed by atoms with E-state index in [9.17, 15) is 19.1 Å². The average Bonchev–Trinajstić information content (AvgIpc) is 2.81. The van der Waals surface area contributed by atoms with Crippen molar-refractivity contribution in [3.05, 3.63) is 68.5 Å². The Morgan fingerprint density at radius 1 is 1.24 bits per heavy atom. The number of nitrogens with one attached hydrogen (secondary N) is 1. The molecule has 2 aromatic rings. The summed E-state index contributed by atoms with van der Waals surface area (Å²) >= 11 is 9.10. The molecule has 3 amide bonds. The van der Waals surface area contributed by atoms with Crippen molar-refractivity contribution in [2.24, 2.45) is 0 Å². The monoisotopic (exact) mass is 424 g/mol. The number of benzene rings is 2. The van der Waals surface area contributed by atoms with E-state index in [0.717, 1.165) is 4.90 Å². The summed E-state index contributed by atoms with van der Waals surface area (Å²) in [5.41, 5.74) is 0.905. The van der Waals surface area contributed by atoms with Crippen molar-refractivity contribution in [1.29, 1.82) is 0 Å². The summed E-state index contributed by atoms with van der Waals surface area (Å²) in [4.78, 5) is 25.5. The lowest BCUT2D eigenvalue weighted by Crippen LogP contribution is -2.30. The van der Waals surface area contributed by atoms with Crippen LogP contribution in [0.5, 0.6) is 5.75 Å². The summed E-state index contributed by atoms with van der Waals surface area (Å²) in [6, 6.07) is 7.89. The first kappa shape index (κ1) is 17.4. The van der Waals surface area contributed by atoms with Gasteiger partial charge in [0.1, 0.15) is 17.3 Å². The van der Waals surface area contributed by atoms with Gasteiger partial charge in [-0.3, -0.25) is 9.69 Å². The van der Waals surface area contributed by atoms with E-state index in [-0.39, 0.29) is 23.6 Å². The predicted molar refractivity (Wildman–Crippen MR) is 94.3 cm³/mol. The van der Waals surface area contributed by atoms with Crippen LogP contribution >= 0.6 is 27.5 Å². The number of urea groups is 1. The van der Waals surface area contributed by atoms with E-state index in [0.29, 0.717) is 15.1 Å². The molecule has 0 aromatic heterocycles. The Kier molecular flexibility index (Phi) is 4.78. The summed E-state index contributed by atoms with van der Waals surface area (Å²) in [7, 11) is 0. The van der Waals surface area contributed by atoms with Crippen LogP contribution in [0.1, 0.15) is 11.1 Å². The highest BCUT2D eigenvalue weighted by molar-refractivity contribution is 9.10. The number of phenols is 1. The molecule has 2 N–H and O–H groups in total. The van der Waals surface area contributed by atoms with Gasteiger partial charge in [-0.05, 0) is 51.8 Å². The molecule has 1 fully saturated rings. The quantitative estimate of drug-likeness (QED) is 0.576. The molecule has 5 nitrogen and oxygen atoms in total. The maximum Gasteiger partial charge on any atom is 0.329 e. The number of hydrogen-bond donors (Lipinski definition) is 2. The molecule has 0 bridgehead atoms.